The Morgan fingerprint density at radius 1 is 1.33 bits per heavy atom. The third-order valence-electron chi connectivity index (χ3n) is 2.75. The Hall–Kier alpha value is -2.72. The smallest absolute Gasteiger partial charge is 0.305 e. The third kappa shape index (κ3) is 5.42. The van der Waals surface area contributed by atoms with E-state index < -0.39 is 24.5 Å². The molecule has 0 saturated carbocycles. The maximum Gasteiger partial charge on any atom is 0.305 e. The van der Waals surface area contributed by atoms with Gasteiger partial charge in [0.2, 0.25) is 0 Å². The number of nitrogens with one attached hydrogen (secondary N) is 1. The molecule has 0 spiro atoms. The van der Waals surface area contributed by atoms with Gasteiger partial charge < -0.3 is 14.7 Å². The minimum absolute atomic E-state index is 0.321. The highest BCUT2D eigenvalue weighted by Crippen LogP contribution is 2.04. The number of nitriles is 1. The fourth-order valence-corrected chi connectivity index (χ4v) is 1.75. The molecule has 1 aromatic carbocycles. The summed E-state index contributed by atoms with van der Waals surface area (Å²) in [4.78, 5) is 32.6. The number of carbonyl (C=O) groups excluding carboxylic acids is 2. The van der Waals surface area contributed by atoms with Gasteiger partial charge >= 0.3 is 5.97 Å². The zero-order chi connectivity index (χ0) is 15.7. The summed E-state index contributed by atoms with van der Waals surface area (Å²) < 4.78 is 0. The van der Waals surface area contributed by atoms with Crippen molar-refractivity contribution in [2.24, 2.45) is 0 Å². The van der Waals surface area contributed by atoms with Crippen molar-refractivity contribution in [1.82, 2.24) is 10.4 Å². The van der Waals surface area contributed by atoms with Gasteiger partial charge in [-0.1, -0.05) is 30.3 Å². The molecule has 110 valence electrons. The normalized spacial score (nSPS) is 12.7. The summed E-state index contributed by atoms with van der Waals surface area (Å²) >= 11 is 0. The lowest BCUT2D eigenvalue weighted by molar-refractivity contribution is -0.139. The van der Waals surface area contributed by atoms with E-state index in [9.17, 15) is 14.4 Å². The number of carboxylic acid groups (broad SMARTS) is 1. The molecule has 0 unspecified atom stereocenters. The van der Waals surface area contributed by atoms with Crippen molar-refractivity contribution in [2.45, 2.75) is 24.9 Å². The van der Waals surface area contributed by atoms with Gasteiger partial charge in [-0.05, 0) is 12.0 Å². The van der Waals surface area contributed by atoms with Crippen LogP contribution in [0.2, 0.25) is 0 Å². The number of hydrogen-bond acceptors (Lipinski definition) is 6. The fraction of sp³-hybridized carbons (Fsp3) is 0.286. The van der Waals surface area contributed by atoms with E-state index in [1.807, 2.05) is 30.3 Å². The van der Waals surface area contributed by atoms with Gasteiger partial charge in [0, 0.05) is 0 Å². The third-order valence-corrected chi connectivity index (χ3v) is 2.75. The highest BCUT2D eigenvalue weighted by Gasteiger charge is 2.22. The molecule has 2 N–H and O–H groups in total. The van der Waals surface area contributed by atoms with Gasteiger partial charge in [-0.15, -0.1) is 0 Å². The van der Waals surface area contributed by atoms with E-state index in [1.54, 1.807) is 6.19 Å². The first kappa shape index (κ1) is 16.3. The largest absolute Gasteiger partial charge is 0.481 e. The summed E-state index contributed by atoms with van der Waals surface area (Å²) in [5, 5.41) is 18.5. The zero-order valence-electron chi connectivity index (χ0n) is 11.2. The highest BCUT2D eigenvalue weighted by molar-refractivity contribution is 5.73. The average molecular weight is 289 g/mol. The zero-order valence-corrected chi connectivity index (χ0v) is 11.2. The molecule has 0 aliphatic carbocycles. The Labute approximate surface area is 121 Å². The van der Waals surface area contributed by atoms with Crippen molar-refractivity contribution >= 4 is 18.5 Å². The molecular weight excluding hydrogens is 274 g/mol. The van der Waals surface area contributed by atoms with E-state index in [4.69, 9.17) is 10.4 Å². The van der Waals surface area contributed by atoms with Crippen LogP contribution in [0.15, 0.2) is 30.3 Å². The molecule has 0 bridgehead atoms. The van der Waals surface area contributed by atoms with Crippen LogP contribution in [-0.2, 0) is 20.8 Å². The number of hydrazine groups is 1. The lowest BCUT2D eigenvalue weighted by Crippen LogP contribution is -2.50. The van der Waals surface area contributed by atoms with Gasteiger partial charge in [-0.2, -0.15) is 5.26 Å². The van der Waals surface area contributed by atoms with Gasteiger partial charge in [0.25, 0.3) is 0 Å². The summed E-state index contributed by atoms with van der Waals surface area (Å²) in [6.45, 7) is 0. The first-order valence-corrected chi connectivity index (χ1v) is 6.22. The fourth-order valence-electron chi connectivity index (χ4n) is 1.75. The van der Waals surface area contributed by atoms with Crippen molar-refractivity contribution in [2.75, 3.05) is 0 Å². The van der Waals surface area contributed by atoms with Gasteiger partial charge in [0.15, 0.2) is 6.19 Å². The van der Waals surface area contributed by atoms with Crippen LogP contribution in [0, 0.1) is 11.5 Å². The molecule has 0 fully saturated rings. The Morgan fingerprint density at radius 2 is 2.00 bits per heavy atom. The highest BCUT2D eigenvalue weighted by atomic mass is 16.4. The molecule has 21 heavy (non-hydrogen) atoms. The van der Waals surface area contributed by atoms with Crippen molar-refractivity contribution in [1.29, 1.82) is 5.26 Å². The van der Waals surface area contributed by atoms with Crippen LogP contribution in [0.3, 0.4) is 0 Å². The van der Waals surface area contributed by atoms with E-state index >= 15 is 0 Å². The molecule has 0 heterocycles. The molecule has 0 aliphatic rings. The van der Waals surface area contributed by atoms with Gasteiger partial charge in [0.05, 0.1) is 12.5 Å². The Kier molecular flexibility index (Phi) is 6.57. The van der Waals surface area contributed by atoms with E-state index in [1.165, 1.54) is 0 Å². The van der Waals surface area contributed by atoms with E-state index in [-0.39, 0.29) is 0 Å². The minimum Gasteiger partial charge on any atom is -0.481 e. The molecule has 7 heteroatoms. The standard InChI is InChI=1S/C14H15N3O4/c15-10-17(13(9-19)7-14(20)21)16-12(8-18)6-11-4-2-1-3-5-11/h1-5,8-9,12-13,16H,6-7H2,(H,20,21)/t12-,13-/m0/s1. The van der Waals surface area contributed by atoms with Gasteiger partial charge in [-0.25, -0.2) is 10.4 Å². The average Bonchev–Trinajstić information content (AvgIpc) is 2.50. The van der Waals surface area contributed by atoms with Crippen LogP contribution in [0.4, 0.5) is 0 Å². The molecule has 0 radical (unpaired) electrons. The number of nitrogens with zero attached hydrogens (tertiary/aromatic N) is 2. The lowest BCUT2D eigenvalue weighted by atomic mass is 10.1. The molecule has 0 aromatic heterocycles. The Bertz CT molecular complexity index is 527. The van der Waals surface area contributed by atoms with Crippen LogP contribution in [0.5, 0.6) is 0 Å². The number of carbonyl (C=O) groups is 3. The number of aliphatic carboxylic acids is 1. The molecule has 2 atom stereocenters. The summed E-state index contributed by atoms with van der Waals surface area (Å²) in [7, 11) is 0. The first-order chi connectivity index (χ1) is 10.1. The van der Waals surface area contributed by atoms with E-state index in [0.717, 1.165) is 10.6 Å². The number of carboxylic acids is 1. The van der Waals surface area contributed by atoms with E-state index in [2.05, 4.69) is 5.43 Å². The number of rotatable bonds is 9. The summed E-state index contributed by atoms with van der Waals surface area (Å²) in [6.07, 6.45) is 2.44. The van der Waals surface area contributed by atoms with Crippen molar-refractivity contribution in [3.8, 4) is 6.19 Å². The monoisotopic (exact) mass is 289 g/mol. The molecular formula is C14H15N3O4. The van der Waals surface area contributed by atoms with Crippen LogP contribution < -0.4 is 5.43 Å². The minimum atomic E-state index is -1.21. The summed E-state index contributed by atoms with van der Waals surface area (Å²) in [5.41, 5.74) is 3.44. The van der Waals surface area contributed by atoms with Crippen LogP contribution in [0.25, 0.3) is 0 Å². The second-order valence-corrected chi connectivity index (χ2v) is 4.33. The van der Waals surface area contributed by atoms with Gasteiger partial charge in [-0.3, -0.25) is 4.79 Å². The quantitative estimate of drug-likeness (QED) is 0.287. The number of hydrogen-bond donors (Lipinski definition) is 2. The Morgan fingerprint density at radius 3 is 2.48 bits per heavy atom. The number of benzene rings is 1. The molecule has 0 amide bonds. The van der Waals surface area contributed by atoms with Crippen LogP contribution >= 0.6 is 0 Å². The summed E-state index contributed by atoms with van der Waals surface area (Å²) in [6, 6.07) is 7.22. The first-order valence-electron chi connectivity index (χ1n) is 6.22. The van der Waals surface area contributed by atoms with Gasteiger partial charge in [0.1, 0.15) is 18.6 Å². The second-order valence-electron chi connectivity index (χ2n) is 4.33. The second kappa shape index (κ2) is 8.45. The van der Waals surface area contributed by atoms with Crippen molar-refractivity contribution in [3.05, 3.63) is 35.9 Å². The van der Waals surface area contributed by atoms with Crippen LogP contribution in [-0.4, -0.2) is 40.7 Å². The molecule has 0 saturated heterocycles. The maximum atomic E-state index is 11.1. The van der Waals surface area contributed by atoms with Crippen molar-refractivity contribution < 1.29 is 19.5 Å². The molecule has 0 aliphatic heterocycles. The number of aldehydes is 2. The molecule has 1 aromatic rings. The maximum absolute atomic E-state index is 11.1. The van der Waals surface area contributed by atoms with Crippen molar-refractivity contribution in [3.63, 3.8) is 0 Å². The topological polar surface area (TPSA) is 111 Å². The predicted octanol–water partition coefficient (Wildman–Crippen LogP) is 0.126. The molecule has 7 nitrogen and oxygen atoms in total. The summed E-state index contributed by atoms with van der Waals surface area (Å²) in [5.74, 6) is -1.21. The lowest BCUT2D eigenvalue weighted by Gasteiger charge is -2.25. The predicted molar refractivity (Wildman–Crippen MR) is 72.7 cm³/mol. The SMILES string of the molecule is N#CN(N[C@H](C=O)Cc1ccccc1)[C@H](C=O)CC(=O)O. The van der Waals surface area contributed by atoms with Crippen LogP contribution in [0.1, 0.15) is 12.0 Å². The Balaban J connectivity index is 2.73. The molecule has 1 rings (SSSR count). The van der Waals surface area contributed by atoms with E-state index in [0.29, 0.717) is 19.0 Å².